The smallest absolute Gasteiger partial charge is 0.295 e. The number of ether oxygens (including phenoxy) is 1. The minimum atomic E-state index is -0.764. The van der Waals surface area contributed by atoms with Crippen LogP contribution in [-0.4, -0.2) is 34.8 Å². The summed E-state index contributed by atoms with van der Waals surface area (Å²) in [7, 11) is 0. The van der Waals surface area contributed by atoms with Crippen LogP contribution < -0.4 is 4.74 Å². The Hall–Kier alpha value is -3.93. The van der Waals surface area contributed by atoms with Crippen molar-refractivity contribution in [2.24, 2.45) is 5.92 Å². The largest absolute Gasteiger partial charge is 0.507 e. The lowest BCUT2D eigenvalue weighted by atomic mass is 9.85. The van der Waals surface area contributed by atoms with E-state index in [4.69, 9.17) is 4.74 Å². The molecule has 1 unspecified atom stereocenters. The summed E-state index contributed by atoms with van der Waals surface area (Å²) in [6.07, 6.45) is 0.433. The zero-order chi connectivity index (χ0) is 28.3. The highest BCUT2D eigenvalue weighted by Gasteiger charge is 2.46. The van der Waals surface area contributed by atoms with Crippen LogP contribution in [0.2, 0.25) is 0 Å². The predicted octanol–water partition coefficient (Wildman–Crippen LogP) is 6.82. The first-order chi connectivity index (χ1) is 18.5. The number of aliphatic hydroxyl groups excluding tert-OH is 1. The number of carbonyl (C=O) groups is 2. The fourth-order valence-electron chi connectivity index (χ4n) is 4.67. The topological polar surface area (TPSA) is 66.8 Å². The lowest BCUT2D eigenvalue weighted by Gasteiger charge is -2.26. The molecule has 3 aromatic carbocycles. The first-order valence-electron chi connectivity index (χ1n) is 13.3. The number of hydrogen-bond acceptors (Lipinski definition) is 4. The summed E-state index contributed by atoms with van der Waals surface area (Å²) in [5.41, 5.74) is 3.07. The monoisotopic (exact) mass is 529 g/mol. The number of likely N-dealkylation sites (tertiary alicyclic amines) is 1. The van der Waals surface area contributed by atoms with Gasteiger partial charge in [0.15, 0.2) is 0 Å². The number of Topliss-reactive ketones (excluding diaryl/α,β-unsaturated/α-hetero) is 1. The quantitative estimate of drug-likeness (QED) is 0.197. The fourth-order valence-corrected chi connectivity index (χ4v) is 4.67. The summed E-state index contributed by atoms with van der Waals surface area (Å²) < 4.78 is 19.2. The normalized spacial score (nSPS) is 17.2. The molecule has 1 fully saturated rings. The lowest BCUT2D eigenvalue weighted by molar-refractivity contribution is -0.139. The van der Waals surface area contributed by atoms with Gasteiger partial charge < -0.3 is 14.7 Å². The van der Waals surface area contributed by atoms with E-state index < -0.39 is 17.7 Å². The highest BCUT2D eigenvalue weighted by molar-refractivity contribution is 6.46. The molecule has 39 heavy (non-hydrogen) atoms. The van der Waals surface area contributed by atoms with Crippen LogP contribution in [0, 0.1) is 11.7 Å². The Kier molecular flexibility index (Phi) is 8.24. The van der Waals surface area contributed by atoms with Gasteiger partial charge in [-0.1, -0.05) is 83.1 Å². The van der Waals surface area contributed by atoms with Gasteiger partial charge in [-0.3, -0.25) is 9.59 Å². The van der Waals surface area contributed by atoms with Crippen molar-refractivity contribution >= 4 is 17.4 Å². The molecule has 1 saturated heterocycles. The van der Waals surface area contributed by atoms with E-state index in [1.165, 1.54) is 17.0 Å². The number of nitrogens with zero attached hydrogens (tertiary/aromatic N) is 1. The van der Waals surface area contributed by atoms with Crippen LogP contribution >= 0.6 is 0 Å². The number of rotatable bonds is 8. The molecule has 0 saturated carbocycles. The fraction of sp³-hybridized carbons (Fsp3) is 0.333. The Balaban J connectivity index is 1.76. The van der Waals surface area contributed by atoms with Crippen LogP contribution in [0.1, 0.15) is 62.9 Å². The molecule has 1 amide bonds. The number of benzene rings is 3. The second kappa shape index (κ2) is 11.4. The second-order valence-electron chi connectivity index (χ2n) is 11.5. The van der Waals surface area contributed by atoms with E-state index in [-0.39, 0.29) is 29.1 Å². The predicted molar refractivity (Wildman–Crippen MR) is 151 cm³/mol. The summed E-state index contributed by atoms with van der Waals surface area (Å²) in [4.78, 5) is 28.2. The van der Waals surface area contributed by atoms with Crippen molar-refractivity contribution in [1.82, 2.24) is 4.90 Å². The SMILES string of the molecule is CC(C)COc1cccc(/C(O)=C2/C(=O)C(=O)N(CCc3ccc(F)cc3)C2c2ccc(C(C)(C)C)cc2)c1. The number of aliphatic hydroxyl groups is 1. The molecule has 0 bridgehead atoms. The van der Waals surface area contributed by atoms with Crippen LogP contribution in [-0.2, 0) is 21.4 Å². The maximum atomic E-state index is 13.4. The third-order valence-electron chi connectivity index (χ3n) is 6.88. The van der Waals surface area contributed by atoms with Crippen LogP contribution in [0.25, 0.3) is 5.76 Å². The number of amides is 1. The van der Waals surface area contributed by atoms with Crippen molar-refractivity contribution in [2.45, 2.75) is 52.5 Å². The van der Waals surface area contributed by atoms with E-state index in [9.17, 15) is 19.1 Å². The van der Waals surface area contributed by atoms with Crippen LogP contribution in [0.5, 0.6) is 5.75 Å². The van der Waals surface area contributed by atoms with Gasteiger partial charge in [-0.15, -0.1) is 0 Å². The first kappa shape index (κ1) is 28.1. The molecule has 1 heterocycles. The zero-order valence-electron chi connectivity index (χ0n) is 23.2. The summed E-state index contributed by atoms with van der Waals surface area (Å²) in [5, 5.41) is 11.4. The van der Waals surface area contributed by atoms with Crippen LogP contribution in [0.15, 0.2) is 78.4 Å². The summed E-state index contributed by atoms with van der Waals surface area (Å²) in [5.74, 6) is -1.08. The van der Waals surface area contributed by atoms with Gasteiger partial charge in [-0.25, -0.2) is 4.39 Å². The molecule has 1 aliphatic rings. The van der Waals surface area contributed by atoms with Gasteiger partial charge in [-0.05, 0) is 58.7 Å². The lowest BCUT2D eigenvalue weighted by Crippen LogP contribution is -2.31. The molecule has 0 spiro atoms. The highest BCUT2D eigenvalue weighted by atomic mass is 19.1. The molecule has 1 atom stereocenters. The van der Waals surface area contributed by atoms with Gasteiger partial charge >= 0.3 is 0 Å². The van der Waals surface area contributed by atoms with Crippen molar-refractivity contribution < 1.29 is 23.8 Å². The summed E-state index contributed by atoms with van der Waals surface area (Å²) in [6.45, 7) is 11.2. The van der Waals surface area contributed by atoms with E-state index in [0.29, 0.717) is 30.3 Å². The van der Waals surface area contributed by atoms with E-state index in [0.717, 1.165) is 16.7 Å². The standard InChI is InChI=1S/C33H36FNO4/c1-21(2)20-39-27-8-6-7-24(19-27)30(36)28-29(23-11-13-25(14-12-23)33(3,4)5)35(32(38)31(28)37)18-17-22-9-15-26(34)16-10-22/h6-16,19,21,29,36H,17-18,20H2,1-5H3/b30-28-. The van der Waals surface area contributed by atoms with Crippen molar-refractivity contribution in [1.29, 1.82) is 0 Å². The number of ketones is 1. The molecular formula is C33H36FNO4. The van der Waals surface area contributed by atoms with Crippen LogP contribution in [0.4, 0.5) is 4.39 Å². The third-order valence-corrected chi connectivity index (χ3v) is 6.88. The van der Waals surface area contributed by atoms with Gasteiger partial charge in [0.2, 0.25) is 0 Å². The van der Waals surface area contributed by atoms with Crippen molar-refractivity contribution in [3.8, 4) is 5.75 Å². The number of hydrogen-bond donors (Lipinski definition) is 1. The summed E-state index contributed by atoms with van der Waals surface area (Å²) in [6, 6.07) is 20.1. The summed E-state index contributed by atoms with van der Waals surface area (Å²) >= 11 is 0. The Labute approximate surface area is 229 Å². The molecule has 1 aliphatic heterocycles. The highest BCUT2D eigenvalue weighted by Crippen LogP contribution is 2.40. The average molecular weight is 530 g/mol. The average Bonchev–Trinajstić information content (AvgIpc) is 3.16. The molecule has 204 valence electrons. The van der Waals surface area contributed by atoms with Crippen molar-refractivity contribution in [3.05, 3.63) is 106 Å². The second-order valence-corrected chi connectivity index (χ2v) is 11.5. The van der Waals surface area contributed by atoms with Gasteiger partial charge in [0, 0.05) is 12.1 Å². The molecule has 6 heteroatoms. The third kappa shape index (κ3) is 6.39. The maximum Gasteiger partial charge on any atom is 0.295 e. The Morgan fingerprint density at radius 1 is 1.00 bits per heavy atom. The maximum absolute atomic E-state index is 13.4. The minimum Gasteiger partial charge on any atom is -0.507 e. The van der Waals surface area contributed by atoms with E-state index in [2.05, 4.69) is 20.8 Å². The Morgan fingerprint density at radius 3 is 2.28 bits per heavy atom. The van der Waals surface area contributed by atoms with E-state index >= 15 is 0 Å². The molecule has 0 aromatic heterocycles. The van der Waals surface area contributed by atoms with Gasteiger partial charge in [0.25, 0.3) is 11.7 Å². The van der Waals surface area contributed by atoms with E-state index in [1.54, 1.807) is 36.4 Å². The van der Waals surface area contributed by atoms with Crippen LogP contribution in [0.3, 0.4) is 0 Å². The molecule has 3 aromatic rings. The van der Waals surface area contributed by atoms with Gasteiger partial charge in [0.1, 0.15) is 17.3 Å². The molecular weight excluding hydrogens is 493 g/mol. The molecule has 0 radical (unpaired) electrons. The van der Waals surface area contributed by atoms with Crippen molar-refractivity contribution in [3.63, 3.8) is 0 Å². The first-order valence-corrected chi connectivity index (χ1v) is 13.3. The Bertz CT molecular complexity index is 1370. The van der Waals surface area contributed by atoms with Gasteiger partial charge in [-0.2, -0.15) is 0 Å². The minimum absolute atomic E-state index is 0.0450. The molecule has 1 N–H and O–H groups in total. The number of halogens is 1. The van der Waals surface area contributed by atoms with Gasteiger partial charge in [0.05, 0.1) is 18.2 Å². The molecule has 5 nitrogen and oxygen atoms in total. The Morgan fingerprint density at radius 2 is 1.67 bits per heavy atom. The zero-order valence-corrected chi connectivity index (χ0v) is 23.2. The molecule has 4 rings (SSSR count). The molecule has 0 aliphatic carbocycles. The van der Waals surface area contributed by atoms with Crippen molar-refractivity contribution in [2.75, 3.05) is 13.2 Å². The van der Waals surface area contributed by atoms with E-state index in [1.807, 2.05) is 38.1 Å². The number of carbonyl (C=O) groups excluding carboxylic acids is 2.